The molecule has 0 unspecified atom stereocenters. The van der Waals surface area contributed by atoms with E-state index in [2.05, 4.69) is 10.2 Å². The average molecular weight is 357 g/mol. The van der Waals surface area contributed by atoms with Crippen LogP contribution in [0.1, 0.15) is 45.4 Å². The molecule has 2 fully saturated rings. The molecule has 0 radical (unpaired) electrons. The number of carbonyl (C=O) groups is 2. The van der Waals surface area contributed by atoms with E-state index < -0.39 is 0 Å². The highest BCUT2D eigenvalue weighted by Gasteiger charge is 2.32. The second-order valence-electron chi connectivity index (χ2n) is 7.60. The molecule has 0 aliphatic carbocycles. The van der Waals surface area contributed by atoms with Gasteiger partial charge in [-0.05, 0) is 51.3 Å². The number of anilines is 1. The van der Waals surface area contributed by atoms with E-state index in [-0.39, 0.29) is 23.8 Å². The lowest BCUT2D eigenvalue weighted by atomic mass is 9.95. The highest BCUT2D eigenvalue weighted by molar-refractivity contribution is 5.92. The summed E-state index contributed by atoms with van der Waals surface area (Å²) in [6.45, 7) is 5.34. The highest BCUT2D eigenvalue weighted by Crippen LogP contribution is 2.22. The summed E-state index contributed by atoms with van der Waals surface area (Å²) in [4.78, 5) is 29.8. The first-order valence-electron chi connectivity index (χ1n) is 10.0. The lowest BCUT2D eigenvalue weighted by molar-refractivity contribution is -0.138. The monoisotopic (exact) mass is 357 g/mol. The zero-order valence-electron chi connectivity index (χ0n) is 15.8. The summed E-state index contributed by atoms with van der Waals surface area (Å²) in [6.07, 6.45) is 6.53. The number of amides is 2. The Kier molecular flexibility index (Phi) is 6.67. The van der Waals surface area contributed by atoms with Crippen LogP contribution in [0.25, 0.3) is 0 Å². The second kappa shape index (κ2) is 9.17. The average Bonchev–Trinajstić information content (AvgIpc) is 2.97. The van der Waals surface area contributed by atoms with Crippen LogP contribution in [0.15, 0.2) is 30.3 Å². The molecule has 1 N–H and O–H groups in total. The standard InChI is InChI=1S/C21H31N3O2/c1-17(21(26)23-13-7-2-3-8-14-23)24-15-9-10-18(16-24)20(25)22-19-11-5-4-6-12-19/h4-6,11-12,17-18H,2-3,7-10,13-16H2,1H3,(H,22,25)/t17-,18-/m0/s1. The van der Waals surface area contributed by atoms with Crippen molar-refractivity contribution >= 4 is 17.5 Å². The molecule has 3 rings (SSSR count). The van der Waals surface area contributed by atoms with Crippen LogP contribution in [-0.4, -0.2) is 53.8 Å². The predicted molar refractivity (Wildman–Crippen MR) is 104 cm³/mol. The number of likely N-dealkylation sites (tertiary alicyclic amines) is 2. The quantitative estimate of drug-likeness (QED) is 0.901. The van der Waals surface area contributed by atoms with Crippen LogP contribution in [0.3, 0.4) is 0 Å². The minimum Gasteiger partial charge on any atom is -0.341 e. The van der Waals surface area contributed by atoms with Crippen LogP contribution in [0.5, 0.6) is 0 Å². The largest absolute Gasteiger partial charge is 0.341 e. The van der Waals surface area contributed by atoms with Crippen molar-refractivity contribution in [3.05, 3.63) is 30.3 Å². The minimum atomic E-state index is -0.138. The van der Waals surface area contributed by atoms with E-state index in [1.54, 1.807) is 0 Å². The summed E-state index contributed by atoms with van der Waals surface area (Å²) in [6, 6.07) is 9.46. The van der Waals surface area contributed by atoms with E-state index in [0.717, 1.165) is 51.0 Å². The second-order valence-corrected chi connectivity index (χ2v) is 7.60. The van der Waals surface area contributed by atoms with E-state index in [1.165, 1.54) is 12.8 Å². The highest BCUT2D eigenvalue weighted by atomic mass is 16.2. The Morgan fingerprint density at radius 3 is 2.38 bits per heavy atom. The molecule has 2 aliphatic heterocycles. The molecule has 26 heavy (non-hydrogen) atoms. The normalized spacial score (nSPS) is 23.1. The molecule has 0 bridgehead atoms. The maximum absolute atomic E-state index is 12.9. The van der Waals surface area contributed by atoms with Gasteiger partial charge in [-0.3, -0.25) is 14.5 Å². The van der Waals surface area contributed by atoms with E-state index in [1.807, 2.05) is 42.2 Å². The molecule has 2 aliphatic rings. The van der Waals surface area contributed by atoms with E-state index in [9.17, 15) is 9.59 Å². The van der Waals surface area contributed by atoms with Crippen molar-refractivity contribution in [2.75, 3.05) is 31.5 Å². The smallest absolute Gasteiger partial charge is 0.239 e. The molecule has 0 saturated carbocycles. The molecule has 142 valence electrons. The summed E-state index contributed by atoms with van der Waals surface area (Å²) in [5, 5.41) is 3.01. The predicted octanol–water partition coefficient (Wildman–Crippen LogP) is 3.13. The molecular weight excluding hydrogens is 326 g/mol. The van der Waals surface area contributed by atoms with Gasteiger partial charge in [-0.2, -0.15) is 0 Å². The maximum Gasteiger partial charge on any atom is 0.239 e. The van der Waals surface area contributed by atoms with E-state index in [0.29, 0.717) is 6.54 Å². The van der Waals surface area contributed by atoms with Crippen LogP contribution in [0, 0.1) is 5.92 Å². The van der Waals surface area contributed by atoms with Crippen molar-refractivity contribution in [3.63, 3.8) is 0 Å². The molecule has 2 saturated heterocycles. The van der Waals surface area contributed by atoms with Gasteiger partial charge >= 0.3 is 0 Å². The molecule has 2 heterocycles. The Morgan fingerprint density at radius 2 is 1.69 bits per heavy atom. The third kappa shape index (κ3) is 4.85. The zero-order chi connectivity index (χ0) is 18.4. The van der Waals surface area contributed by atoms with Gasteiger partial charge < -0.3 is 10.2 Å². The van der Waals surface area contributed by atoms with Crippen molar-refractivity contribution < 1.29 is 9.59 Å². The summed E-state index contributed by atoms with van der Waals surface area (Å²) >= 11 is 0. The molecule has 0 spiro atoms. The summed E-state index contributed by atoms with van der Waals surface area (Å²) in [5.41, 5.74) is 0.836. The van der Waals surface area contributed by atoms with Gasteiger partial charge in [0, 0.05) is 25.3 Å². The Morgan fingerprint density at radius 1 is 1.00 bits per heavy atom. The third-order valence-corrected chi connectivity index (χ3v) is 5.69. The number of para-hydroxylation sites is 1. The van der Waals surface area contributed by atoms with Crippen LogP contribution in [-0.2, 0) is 9.59 Å². The summed E-state index contributed by atoms with van der Waals surface area (Å²) in [7, 11) is 0. The lowest BCUT2D eigenvalue weighted by Gasteiger charge is -2.37. The van der Waals surface area contributed by atoms with Crippen molar-refractivity contribution in [2.24, 2.45) is 5.92 Å². The molecule has 0 aromatic heterocycles. The van der Waals surface area contributed by atoms with Crippen LogP contribution >= 0.6 is 0 Å². The summed E-state index contributed by atoms with van der Waals surface area (Å²) < 4.78 is 0. The number of nitrogens with zero attached hydrogens (tertiary/aromatic N) is 2. The zero-order valence-corrected chi connectivity index (χ0v) is 15.8. The van der Waals surface area contributed by atoms with Crippen LogP contribution in [0.4, 0.5) is 5.69 Å². The number of piperidine rings is 1. The first-order valence-corrected chi connectivity index (χ1v) is 10.0. The van der Waals surface area contributed by atoms with Gasteiger partial charge in [0.2, 0.25) is 11.8 Å². The lowest BCUT2D eigenvalue weighted by Crippen LogP contribution is -2.52. The van der Waals surface area contributed by atoms with Gasteiger partial charge in [0.25, 0.3) is 0 Å². The fraction of sp³-hybridized carbons (Fsp3) is 0.619. The van der Waals surface area contributed by atoms with Gasteiger partial charge in [0.1, 0.15) is 0 Å². The van der Waals surface area contributed by atoms with Gasteiger partial charge in [0.05, 0.1) is 12.0 Å². The molecular formula is C21H31N3O2. The number of hydrogen-bond acceptors (Lipinski definition) is 3. The Labute approximate surface area is 156 Å². The van der Waals surface area contributed by atoms with Crippen molar-refractivity contribution in [2.45, 2.75) is 51.5 Å². The SMILES string of the molecule is C[C@@H](C(=O)N1CCCCCC1)N1CCC[C@H](C(=O)Nc2ccccc2)C1. The topological polar surface area (TPSA) is 52.7 Å². The molecule has 2 amide bonds. The van der Waals surface area contributed by atoms with Gasteiger partial charge in [-0.25, -0.2) is 0 Å². The van der Waals surface area contributed by atoms with Crippen molar-refractivity contribution in [1.29, 1.82) is 0 Å². The maximum atomic E-state index is 12.9. The number of benzene rings is 1. The molecule has 5 heteroatoms. The van der Waals surface area contributed by atoms with E-state index in [4.69, 9.17) is 0 Å². The number of rotatable bonds is 4. The fourth-order valence-electron chi connectivity index (χ4n) is 4.05. The van der Waals surface area contributed by atoms with Gasteiger partial charge in [-0.1, -0.05) is 31.0 Å². The molecule has 1 aromatic rings. The van der Waals surface area contributed by atoms with Crippen LogP contribution < -0.4 is 5.32 Å². The Bertz CT molecular complexity index is 597. The van der Waals surface area contributed by atoms with Gasteiger partial charge in [0.15, 0.2) is 0 Å². The molecule has 5 nitrogen and oxygen atoms in total. The Balaban J connectivity index is 1.56. The van der Waals surface area contributed by atoms with Crippen LogP contribution in [0.2, 0.25) is 0 Å². The molecule has 1 aromatic carbocycles. The molecule has 2 atom stereocenters. The van der Waals surface area contributed by atoms with Gasteiger partial charge in [-0.15, -0.1) is 0 Å². The minimum absolute atomic E-state index is 0.0525. The number of nitrogens with one attached hydrogen (secondary N) is 1. The first-order chi connectivity index (χ1) is 12.6. The fourth-order valence-corrected chi connectivity index (χ4v) is 4.05. The van der Waals surface area contributed by atoms with Crippen molar-refractivity contribution in [1.82, 2.24) is 9.80 Å². The summed E-state index contributed by atoms with van der Waals surface area (Å²) in [5.74, 6) is 0.245. The number of carbonyl (C=O) groups excluding carboxylic acids is 2. The van der Waals surface area contributed by atoms with E-state index >= 15 is 0 Å². The Hall–Kier alpha value is -1.88. The number of hydrogen-bond donors (Lipinski definition) is 1. The van der Waals surface area contributed by atoms with Crippen molar-refractivity contribution in [3.8, 4) is 0 Å². The first kappa shape index (κ1) is 18.9. The third-order valence-electron chi connectivity index (χ3n) is 5.69.